The van der Waals surface area contributed by atoms with Gasteiger partial charge in [-0.05, 0) is 11.3 Å². The summed E-state index contributed by atoms with van der Waals surface area (Å²) in [5, 5.41) is 1.71. The van der Waals surface area contributed by atoms with Crippen LogP contribution in [0.3, 0.4) is 0 Å². The average Bonchev–Trinajstić information content (AvgIpc) is 2.14. The Labute approximate surface area is 60.6 Å². The smallest absolute Gasteiger partial charge is 0.211 e. The van der Waals surface area contributed by atoms with Crippen LogP contribution in [0.25, 0.3) is 0 Å². The zero-order valence-electron chi connectivity index (χ0n) is 4.80. The summed E-state index contributed by atoms with van der Waals surface area (Å²) in [6.45, 7) is 1.84. The Morgan fingerprint density at radius 2 is 2.56 bits per heavy atom. The number of aryl methyl sites for hydroxylation is 1. The molecule has 1 aromatic rings. The van der Waals surface area contributed by atoms with Crippen molar-refractivity contribution in [3.8, 4) is 0 Å². The highest BCUT2D eigenvalue weighted by molar-refractivity contribution is 7.53. The molecule has 0 fully saturated rings. The van der Waals surface area contributed by atoms with E-state index in [0.29, 0.717) is 0 Å². The molecule has 0 saturated carbocycles. The van der Waals surface area contributed by atoms with E-state index < -0.39 is 10.7 Å². The van der Waals surface area contributed by atoms with E-state index in [4.69, 9.17) is 11.6 Å². The van der Waals surface area contributed by atoms with Crippen LogP contribution >= 0.6 is 22.3 Å². The number of rotatable bonds is 1. The highest BCUT2D eigenvalue weighted by atomic mass is 35.5. The van der Waals surface area contributed by atoms with Gasteiger partial charge in [-0.2, -0.15) is 0 Å². The SMILES string of the molecule is Cc1cc[s+](C(=O)Cl)n1. The van der Waals surface area contributed by atoms with E-state index in [1.807, 2.05) is 6.92 Å². The number of hydrogen-bond donors (Lipinski definition) is 0. The molecule has 48 valence electrons. The third kappa shape index (κ3) is 1.50. The molecule has 1 rings (SSSR count). The minimum Gasteiger partial charge on any atom is -0.211 e. The lowest BCUT2D eigenvalue weighted by Gasteiger charge is -1.66. The van der Waals surface area contributed by atoms with Crippen LogP contribution in [-0.4, -0.2) is 8.95 Å². The molecule has 0 radical (unpaired) electrons. The van der Waals surface area contributed by atoms with Crippen LogP contribution in [0.1, 0.15) is 5.69 Å². The van der Waals surface area contributed by atoms with Gasteiger partial charge in [0.2, 0.25) is 0 Å². The van der Waals surface area contributed by atoms with Crippen molar-refractivity contribution in [2.24, 2.45) is 0 Å². The van der Waals surface area contributed by atoms with Crippen molar-refractivity contribution in [1.29, 1.82) is 0 Å². The maximum atomic E-state index is 10.4. The van der Waals surface area contributed by atoms with Crippen LogP contribution in [0.2, 0.25) is 0 Å². The van der Waals surface area contributed by atoms with Gasteiger partial charge in [0.15, 0.2) is 16.0 Å². The van der Waals surface area contributed by atoms with E-state index in [1.54, 1.807) is 11.4 Å². The predicted octanol–water partition coefficient (Wildman–Crippen LogP) is 2.35. The molecule has 4 heteroatoms. The van der Waals surface area contributed by atoms with E-state index in [9.17, 15) is 4.79 Å². The van der Waals surface area contributed by atoms with Gasteiger partial charge in [0.25, 0.3) is 0 Å². The van der Waals surface area contributed by atoms with Crippen molar-refractivity contribution in [2.45, 2.75) is 6.92 Å². The summed E-state index contributed by atoms with van der Waals surface area (Å²) in [5.74, 6) is 0. The molecule has 0 bridgehead atoms. The molecule has 0 spiro atoms. The summed E-state index contributed by atoms with van der Waals surface area (Å²) in [4.78, 5) is 10.4. The van der Waals surface area contributed by atoms with Gasteiger partial charge in [-0.1, -0.05) is 0 Å². The fourth-order valence-electron chi connectivity index (χ4n) is 0.468. The molecule has 9 heavy (non-hydrogen) atoms. The second kappa shape index (κ2) is 2.45. The summed E-state index contributed by atoms with van der Waals surface area (Å²) < 4.78 is 3.55. The summed E-state index contributed by atoms with van der Waals surface area (Å²) in [6, 6.07) is 1.80. The van der Waals surface area contributed by atoms with Gasteiger partial charge >= 0.3 is 4.57 Å². The molecule has 1 atom stereocenters. The summed E-state index contributed by atoms with van der Waals surface area (Å²) in [5.41, 5.74) is 0.868. The van der Waals surface area contributed by atoms with Crippen molar-refractivity contribution in [3.05, 3.63) is 17.1 Å². The number of carbonyl (C=O) groups excluding carboxylic acids is 1. The summed E-state index contributed by atoms with van der Waals surface area (Å²) in [6.07, 6.45) is 0. The number of aromatic nitrogens is 1. The van der Waals surface area contributed by atoms with Gasteiger partial charge < -0.3 is 0 Å². The summed E-state index contributed by atoms with van der Waals surface area (Å²) >= 11 is 5.16. The van der Waals surface area contributed by atoms with E-state index >= 15 is 0 Å². The van der Waals surface area contributed by atoms with Gasteiger partial charge in [0.05, 0.1) is 5.69 Å². The Bertz CT molecular complexity index is 233. The monoisotopic (exact) mass is 162 g/mol. The number of carbonyl (C=O) groups is 1. The molecule has 2 nitrogen and oxygen atoms in total. The van der Waals surface area contributed by atoms with Gasteiger partial charge in [0.1, 0.15) is 0 Å². The van der Waals surface area contributed by atoms with Crippen molar-refractivity contribution in [1.82, 2.24) is 4.37 Å². The van der Waals surface area contributed by atoms with E-state index in [0.717, 1.165) is 5.69 Å². The normalized spacial score (nSPS) is 11.6. The standard InChI is InChI=1S/C5H5ClNOS/c1-4-2-3-9(7-4)5(6)8/h2-3H,1H3/q+1. The molecule has 0 saturated heterocycles. The van der Waals surface area contributed by atoms with Crippen molar-refractivity contribution < 1.29 is 4.79 Å². The molecule has 0 N–H and O–H groups in total. The molecule has 0 aromatic carbocycles. The Balaban J connectivity index is 2.98. The van der Waals surface area contributed by atoms with E-state index in [2.05, 4.69) is 4.37 Å². The molecule has 0 aliphatic rings. The largest absolute Gasteiger partial charge is 0.474 e. The molecule has 0 aliphatic heterocycles. The number of halogens is 1. The Kier molecular flexibility index (Phi) is 1.83. The molecule has 0 aliphatic carbocycles. The highest BCUT2D eigenvalue weighted by Crippen LogP contribution is 2.17. The van der Waals surface area contributed by atoms with Crippen LogP contribution in [0.15, 0.2) is 11.4 Å². The van der Waals surface area contributed by atoms with Crippen molar-refractivity contribution >= 4 is 26.8 Å². The predicted molar refractivity (Wildman–Crippen MR) is 38.1 cm³/mol. The fraction of sp³-hybridized carbons (Fsp3) is 0.200. The maximum absolute atomic E-state index is 10.4. The Morgan fingerprint density at radius 3 is 2.78 bits per heavy atom. The first-order chi connectivity index (χ1) is 4.20. The highest BCUT2D eigenvalue weighted by Gasteiger charge is 2.15. The van der Waals surface area contributed by atoms with Crippen LogP contribution < -0.4 is 0 Å². The zero-order chi connectivity index (χ0) is 6.85. The van der Waals surface area contributed by atoms with Crippen molar-refractivity contribution in [2.75, 3.05) is 0 Å². The first-order valence-corrected chi connectivity index (χ1v) is 3.98. The molecular formula is C5H5ClNOS+. The maximum Gasteiger partial charge on any atom is 0.474 e. The third-order valence-electron chi connectivity index (χ3n) is 0.845. The minimum atomic E-state index is -0.675. The Morgan fingerprint density at radius 1 is 1.89 bits per heavy atom. The van der Waals surface area contributed by atoms with E-state index in [-0.39, 0.29) is 4.57 Å². The molecule has 0 amide bonds. The first kappa shape index (κ1) is 6.71. The van der Waals surface area contributed by atoms with Crippen LogP contribution in [0, 0.1) is 6.92 Å². The van der Waals surface area contributed by atoms with Crippen LogP contribution in [0.4, 0.5) is 4.79 Å². The quantitative estimate of drug-likeness (QED) is 0.469. The fourth-order valence-corrected chi connectivity index (χ4v) is 1.66. The van der Waals surface area contributed by atoms with Gasteiger partial charge in [0, 0.05) is 17.7 Å². The molecule has 1 heterocycles. The molecule has 1 unspecified atom stereocenters. The third-order valence-corrected chi connectivity index (χ3v) is 2.53. The first-order valence-electron chi connectivity index (χ1n) is 2.36. The lowest BCUT2D eigenvalue weighted by molar-refractivity contribution is 0.275. The summed E-state index contributed by atoms with van der Waals surface area (Å²) in [7, 11) is -0.675. The lowest BCUT2D eigenvalue weighted by atomic mass is 10.5. The van der Waals surface area contributed by atoms with E-state index in [1.165, 1.54) is 0 Å². The number of nitrogens with zero attached hydrogens (tertiary/aromatic N) is 1. The minimum absolute atomic E-state index is 0.386. The second-order valence-electron chi connectivity index (χ2n) is 1.59. The van der Waals surface area contributed by atoms with Crippen LogP contribution in [-0.2, 0) is 0 Å². The lowest BCUT2D eigenvalue weighted by Crippen LogP contribution is -1.73. The average molecular weight is 163 g/mol. The van der Waals surface area contributed by atoms with Crippen LogP contribution in [0.5, 0.6) is 0 Å². The second-order valence-corrected chi connectivity index (χ2v) is 3.61. The van der Waals surface area contributed by atoms with Gasteiger partial charge in [-0.3, -0.25) is 0 Å². The van der Waals surface area contributed by atoms with Gasteiger partial charge in [-0.15, -0.1) is 0 Å². The van der Waals surface area contributed by atoms with Gasteiger partial charge in [-0.25, -0.2) is 4.79 Å². The Hall–Kier alpha value is -0.410. The topological polar surface area (TPSA) is 30.0 Å². The molecule has 1 aromatic heterocycles. The molecular weight excluding hydrogens is 158 g/mol. The van der Waals surface area contributed by atoms with Crippen molar-refractivity contribution in [3.63, 3.8) is 0 Å². The zero-order valence-corrected chi connectivity index (χ0v) is 6.37. The number of hydrogen-bond acceptors (Lipinski definition) is 2.